The monoisotopic (exact) mass is 278 g/mol. The molecule has 0 fully saturated rings. The number of aromatic nitrogens is 2. The molecule has 0 aliphatic heterocycles. The molecule has 1 heterocycles. The molecule has 2 rings (SSSR count). The molecule has 0 radical (unpaired) electrons. The molecule has 8 heteroatoms. The number of nitrogens with two attached hydrogens (primary N) is 1. The summed E-state index contributed by atoms with van der Waals surface area (Å²) in [5.41, 5.74) is 6.70. The van der Waals surface area contributed by atoms with E-state index < -0.39 is 16.9 Å². The first-order valence-corrected chi connectivity index (χ1v) is 5.98. The molecule has 2 aromatic rings. The lowest BCUT2D eigenvalue weighted by Gasteiger charge is -2.06. The van der Waals surface area contributed by atoms with Gasteiger partial charge in [0.1, 0.15) is 11.9 Å². The van der Waals surface area contributed by atoms with Crippen molar-refractivity contribution in [2.24, 2.45) is 12.8 Å². The summed E-state index contributed by atoms with van der Waals surface area (Å²) in [4.78, 5) is 25.2. The number of nitro benzene ring substituents is 1. The average Bonchev–Trinajstić information content (AvgIpc) is 2.72. The van der Waals surface area contributed by atoms with Crippen molar-refractivity contribution in [2.75, 3.05) is 0 Å². The maximum atomic E-state index is 10.7. The van der Waals surface area contributed by atoms with Crippen molar-refractivity contribution in [1.29, 1.82) is 0 Å². The van der Waals surface area contributed by atoms with E-state index in [1.807, 2.05) is 0 Å². The van der Waals surface area contributed by atoms with Gasteiger partial charge in [-0.2, -0.15) is 0 Å². The molecule has 0 spiro atoms. The van der Waals surface area contributed by atoms with Gasteiger partial charge in [-0.25, -0.2) is 4.98 Å². The molecule has 20 heavy (non-hydrogen) atoms. The van der Waals surface area contributed by atoms with E-state index in [1.165, 1.54) is 12.1 Å². The second-order valence-electron chi connectivity index (χ2n) is 4.50. The summed E-state index contributed by atoms with van der Waals surface area (Å²) in [5, 5.41) is 19.5. The van der Waals surface area contributed by atoms with E-state index in [1.54, 1.807) is 17.7 Å². The van der Waals surface area contributed by atoms with Crippen LogP contribution in [0, 0.1) is 10.1 Å². The Morgan fingerprint density at radius 1 is 1.60 bits per heavy atom. The maximum absolute atomic E-state index is 10.7. The van der Waals surface area contributed by atoms with Gasteiger partial charge in [0, 0.05) is 25.6 Å². The quantitative estimate of drug-likeness (QED) is 0.616. The second kappa shape index (κ2) is 5.25. The number of nitrogens with zero attached hydrogens (tertiary/aromatic N) is 3. The van der Waals surface area contributed by atoms with Crippen LogP contribution in [-0.4, -0.2) is 31.6 Å². The van der Waals surface area contributed by atoms with Gasteiger partial charge in [0.15, 0.2) is 0 Å². The van der Waals surface area contributed by atoms with Gasteiger partial charge in [0.2, 0.25) is 0 Å². The molecule has 1 aromatic carbocycles. The Balaban J connectivity index is 2.29. The summed E-state index contributed by atoms with van der Waals surface area (Å²) in [7, 11) is 1.78. The van der Waals surface area contributed by atoms with Crippen molar-refractivity contribution in [3.63, 3.8) is 0 Å². The number of carboxylic acid groups (broad SMARTS) is 1. The van der Waals surface area contributed by atoms with Crippen LogP contribution in [-0.2, 0) is 18.3 Å². The molecule has 8 nitrogen and oxygen atoms in total. The number of carboxylic acids is 1. The zero-order valence-corrected chi connectivity index (χ0v) is 10.8. The van der Waals surface area contributed by atoms with Crippen molar-refractivity contribution in [3.05, 3.63) is 34.1 Å². The van der Waals surface area contributed by atoms with Gasteiger partial charge >= 0.3 is 5.97 Å². The van der Waals surface area contributed by atoms with E-state index in [2.05, 4.69) is 4.98 Å². The minimum Gasteiger partial charge on any atom is -0.480 e. The second-order valence-corrected chi connectivity index (χ2v) is 4.50. The molecular formula is C12H14N4O4. The van der Waals surface area contributed by atoms with E-state index in [0.29, 0.717) is 17.8 Å². The number of benzene rings is 1. The average molecular weight is 278 g/mol. The molecule has 3 N–H and O–H groups in total. The van der Waals surface area contributed by atoms with Crippen LogP contribution in [0.3, 0.4) is 0 Å². The van der Waals surface area contributed by atoms with Crippen LogP contribution in [0.15, 0.2) is 18.2 Å². The van der Waals surface area contributed by atoms with E-state index in [-0.39, 0.29) is 12.1 Å². The molecule has 0 saturated carbocycles. The van der Waals surface area contributed by atoms with Crippen molar-refractivity contribution in [2.45, 2.75) is 18.9 Å². The number of rotatable bonds is 5. The fraction of sp³-hybridized carbons (Fsp3) is 0.333. The summed E-state index contributed by atoms with van der Waals surface area (Å²) in [6.07, 6.45) is 0.654. The first-order valence-electron chi connectivity index (χ1n) is 5.98. The predicted octanol–water partition coefficient (Wildman–Crippen LogP) is 0.826. The number of nitro groups is 1. The summed E-state index contributed by atoms with van der Waals surface area (Å²) in [6, 6.07) is 3.50. The predicted molar refractivity (Wildman–Crippen MR) is 71.3 cm³/mol. The lowest BCUT2D eigenvalue weighted by molar-refractivity contribution is -0.384. The van der Waals surface area contributed by atoms with E-state index in [9.17, 15) is 14.9 Å². The van der Waals surface area contributed by atoms with Gasteiger partial charge < -0.3 is 15.4 Å². The molecular weight excluding hydrogens is 264 g/mol. The Morgan fingerprint density at radius 3 is 2.90 bits per heavy atom. The van der Waals surface area contributed by atoms with Crippen LogP contribution >= 0.6 is 0 Å². The molecule has 106 valence electrons. The SMILES string of the molecule is Cn1c(CC[C@H](N)C(=O)O)nc2cc([N+](=O)[O-])ccc21. The Bertz CT molecular complexity index is 679. The van der Waals surface area contributed by atoms with Gasteiger partial charge in [-0.15, -0.1) is 0 Å². The lowest BCUT2D eigenvalue weighted by Crippen LogP contribution is -2.30. The van der Waals surface area contributed by atoms with E-state index in [0.717, 1.165) is 5.52 Å². The fourth-order valence-electron chi connectivity index (χ4n) is 1.98. The van der Waals surface area contributed by atoms with Crippen LogP contribution in [0.1, 0.15) is 12.2 Å². The number of aliphatic carboxylic acids is 1. The molecule has 0 aliphatic carbocycles. The van der Waals surface area contributed by atoms with Gasteiger partial charge in [-0.05, 0) is 12.5 Å². The number of hydrogen-bond acceptors (Lipinski definition) is 5. The zero-order chi connectivity index (χ0) is 14.9. The molecule has 0 aliphatic rings. The third-order valence-electron chi connectivity index (χ3n) is 3.16. The highest BCUT2D eigenvalue weighted by molar-refractivity contribution is 5.78. The highest BCUT2D eigenvalue weighted by atomic mass is 16.6. The molecule has 0 unspecified atom stereocenters. The van der Waals surface area contributed by atoms with Crippen molar-refractivity contribution < 1.29 is 14.8 Å². The first kappa shape index (κ1) is 13.9. The Labute approximate surface area is 114 Å². The van der Waals surface area contributed by atoms with Crippen LogP contribution < -0.4 is 5.73 Å². The number of non-ortho nitro benzene ring substituents is 1. The third kappa shape index (κ3) is 2.59. The van der Waals surface area contributed by atoms with Crippen LogP contribution in [0.2, 0.25) is 0 Å². The van der Waals surface area contributed by atoms with Crippen molar-refractivity contribution in [3.8, 4) is 0 Å². The van der Waals surface area contributed by atoms with Crippen molar-refractivity contribution in [1.82, 2.24) is 9.55 Å². The number of imidazole rings is 1. The van der Waals surface area contributed by atoms with Crippen LogP contribution in [0.5, 0.6) is 0 Å². The molecule has 1 atom stereocenters. The smallest absolute Gasteiger partial charge is 0.320 e. The Morgan fingerprint density at radius 2 is 2.30 bits per heavy atom. The minimum atomic E-state index is -1.06. The fourth-order valence-corrected chi connectivity index (χ4v) is 1.98. The highest BCUT2D eigenvalue weighted by Gasteiger charge is 2.15. The first-order chi connectivity index (χ1) is 9.40. The number of hydrogen-bond donors (Lipinski definition) is 2. The minimum absolute atomic E-state index is 0.0237. The molecule has 1 aromatic heterocycles. The summed E-state index contributed by atoms with van der Waals surface area (Å²) in [5.74, 6) is -0.406. The van der Waals surface area contributed by atoms with Gasteiger partial charge in [0.05, 0.1) is 16.0 Å². The van der Waals surface area contributed by atoms with Gasteiger partial charge in [-0.3, -0.25) is 14.9 Å². The van der Waals surface area contributed by atoms with E-state index in [4.69, 9.17) is 10.8 Å². The van der Waals surface area contributed by atoms with E-state index >= 15 is 0 Å². The summed E-state index contributed by atoms with van der Waals surface area (Å²) < 4.78 is 1.79. The maximum Gasteiger partial charge on any atom is 0.320 e. The third-order valence-corrected chi connectivity index (χ3v) is 3.16. The molecule has 0 bridgehead atoms. The van der Waals surface area contributed by atoms with Gasteiger partial charge in [-0.1, -0.05) is 0 Å². The molecule has 0 saturated heterocycles. The summed E-state index contributed by atoms with van der Waals surface area (Å²) >= 11 is 0. The zero-order valence-electron chi connectivity index (χ0n) is 10.8. The van der Waals surface area contributed by atoms with Crippen LogP contribution in [0.25, 0.3) is 11.0 Å². The lowest BCUT2D eigenvalue weighted by atomic mass is 10.1. The number of carbonyl (C=O) groups is 1. The molecule has 0 amide bonds. The normalized spacial score (nSPS) is 12.5. The van der Waals surface area contributed by atoms with Crippen molar-refractivity contribution >= 4 is 22.7 Å². The number of fused-ring (bicyclic) bond motifs is 1. The summed E-state index contributed by atoms with van der Waals surface area (Å²) in [6.45, 7) is 0. The Hall–Kier alpha value is -2.48. The Kier molecular flexibility index (Phi) is 3.66. The largest absolute Gasteiger partial charge is 0.480 e. The van der Waals surface area contributed by atoms with Gasteiger partial charge in [0.25, 0.3) is 5.69 Å². The van der Waals surface area contributed by atoms with Crippen LogP contribution in [0.4, 0.5) is 5.69 Å². The number of aryl methyl sites for hydroxylation is 2. The topological polar surface area (TPSA) is 124 Å². The standard InChI is InChI=1S/C12H14N4O4/c1-15-10-4-2-7(16(19)20)6-9(10)14-11(15)5-3-8(13)12(17)18/h2,4,6,8H,3,5,13H2,1H3,(H,17,18)/t8-/m0/s1. The highest BCUT2D eigenvalue weighted by Crippen LogP contribution is 2.21.